The molecule has 1 aromatic heterocycles. The van der Waals surface area contributed by atoms with E-state index >= 15 is 0 Å². The van der Waals surface area contributed by atoms with Crippen molar-refractivity contribution in [1.82, 2.24) is 5.32 Å². The SMILES string of the molecule is CCCNC(c1cccs1)c1cc(Cl)ccc1Cl. The first-order chi connectivity index (χ1) is 8.72. The molecule has 0 saturated carbocycles. The third-order valence-electron chi connectivity index (χ3n) is 2.70. The molecule has 4 heteroatoms. The summed E-state index contributed by atoms with van der Waals surface area (Å²) in [6.45, 7) is 3.10. The molecule has 0 amide bonds. The van der Waals surface area contributed by atoms with Gasteiger partial charge in [-0.3, -0.25) is 0 Å². The maximum atomic E-state index is 6.29. The van der Waals surface area contributed by atoms with Gasteiger partial charge in [-0.25, -0.2) is 0 Å². The van der Waals surface area contributed by atoms with Crippen molar-refractivity contribution in [3.05, 3.63) is 56.2 Å². The molecule has 1 heterocycles. The highest BCUT2D eigenvalue weighted by Gasteiger charge is 2.17. The first kappa shape index (κ1) is 13.9. The van der Waals surface area contributed by atoms with Crippen molar-refractivity contribution in [2.75, 3.05) is 6.54 Å². The zero-order chi connectivity index (χ0) is 13.0. The van der Waals surface area contributed by atoms with E-state index in [9.17, 15) is 0 Å². The largest absolute Gasteiger partial charge is 0.306 e. The van der Waals surface area contributed by atoms with Crippen LogP contribution in [0.2, 0.25) is 10.0 Å². The summed E-state index contributed by atoms with van der Waals surface area (Å²) in [7, 11) is 0. The van der Waals surface area contributed by atoms with Crippen LogP contribution in [-0.2, 0) is 0 Å². The molecule has 0 bridgehead atoms. The maximum Gasteiger partial charge on any atom is 0.0686 e. The average molecular weight is 300 g/mol. The first-order valence-corrected chi connectivity index (χ1v) is 7.57. The summed E-state index contributed by atoms with van der Waals surface area (Å²) in [6, 6.07) is 9.91. The normalized spacial score (nSPS) is 12.6. The summed E-state index contributed by atoms with van der Waals surface area (Å²) in [5.74, 6) is 0. The van der Waals surface area contributed by atoms with Crippen LogP contribution in [0, 0.1) is 0 Å². The zero-order valence-electron chi connectivity index (χ0n) is 10.1. The number of halogens is 2. The number of hydrogen-bond donors (Lipinski definition) is 1. The quantitative estimate of drug-likeness (QED) is 0.805. The van der Waals surface area contributed by atoms with Crippen LogP contribution in [0.15, 0.2) is 35.7 Å². The van der Waals surface area contributed by atoms with Crippen molar-refractivity contribution in [3.8, 4) is 0 Å². The van der Waals surface area contributed by atoms with E-state index in [1.54, 1.807) is 11.3 Å². The summed E-state index contributed by atoms with van der Waals surface area (Å²) in [6.07, 6.45) is 1.08. The van der Waals surface area contributed by atoms with Crippen LogP contribution < -0.4 is 5.32 Å². The van der Waals surface area contributed by atoms with E-state index < -0.39 is 0 Å². The molecular weight excluding hydrogens is 285 g/mol. The lowest BCUT2D eigenvalue weighted by Gasteiger charge is -2.19. The van der Waals surface area contributed by atoms with Crippen LogP contribution in [0.3, 0.4) is 0 Å². The highest BCUT2D eigenvalue weighted by Crippen LogP contribution is 2.32. The smallest absolute Gasteiger partial charge is 0.0686 e. The van der Waals surface area contributed by atoms with Gasteiger partial charge in [-0.05, 0) is 48.2 Å². The highest BCUT2D eigenvalue weighted by molar-refractivity contribution is 7.10. The van der Waals surface area contributed by atoms with Crippen molar-refractivity contribution in [3.63, 3.8) is 0 Å². The molecule has 1 nitrogen and oxygen atoms in total. The van der Waals surface area contributed by atoms with Gasteiger partial charge in [-0.2, -0.15) is 0 Å². The fraction of sp³-hybridized carbons (Fsp3) is 0.286. The average Bonchev–Trinajstić information content (AvgIpc) is 2.88. The predicted molar refractivity (Wildman–Crippen MR) is 80.9 cm³/mol. The standard InChI is InChI=1S/C14H15Cl2NS/c1-2-7-17-14(13-4-3-8-18-13)11-9-10(15)5-6-12(11)16/h3-6,8-9,14,17H,2,7H2,1H3. The Hall–Kier alpha value is -0.540. The van der Waals surface area contributed by atoms with Gasteiger partial charge >= 0.3 is 0 Å². The molecule has 1 N–H and O–H groups in total. The zero-order valence-corrected chi connectivity index (χ0v) is 12.4. The number of nitrogens with one attached hydrogen (secondary N) is 1. The molecule has 2 aromatic rings. The first-order valence-electron chi connectivity index (χ1n) is 5.94. The molecule has 0 aliphatic carbocycles. The van der Waals surface area contributed by atoms with Crippen LogP contribution in [0.5, 0.6) is 0 Å². The second-order valence-corrected chi connectivity index (χ2v) is 5.89. The Morgan fingerprint density at radius 2 is 2.11 bits per heavy atom. The van der Waals surface area contributed by atoms with Crippen molar-refractivity contribution in [2.45, 2.75) is 19.4 Å². The molecule has 0 aliphatic rings. The highest BCUT2D eigenvalue weighted by atomic mass is 35.5. The Bertz CT molecular complexity index is 497. The Morgan fingerprint density at radius 1 is 1.28 bits per heavy atom. The number of hydrogen-bond acceptors (Lipinski definition) is 2. The van der Waals surface area contributed by atoms with Gasteiger partial charge in [-0.1, -0.05) is 36.2 Å². The van der Waals surface area contributed by atoms with E-state index in [1.807, 2.05) is 18.2 Å². The number of thiophene rings is 1. The summed E-state index contributed by atoms with van der Waals surface area (Å²) in [4.78, 5) is 1.26. The lowest BCUT2D eigenvalue weighted by atomic mass is 10.1. The van der Waals surface area contributed by atoms with Gasteiger partial charge in [0.15, 0.2) is 0 Å². The predicted octanol–water partition coefficient (Wildman–Crippen LogP) is 5.14. The summed E-state index contributed by atoms with van der Waals surface area (Å²) in [5.41, 5.74) is 1.04. The molecule has 0 spiro atoms. The van der Waals surface area contributed by atoms with Crippen LogP contribution in [-0.4, -0.2) is 6.54 Å². The molecule has 0 saturated heterocycles. The summed E-state index contributed by atoms with van der Waals surface area (Å²) in [5, 5.41) is 7.07. The van der Waals surface area contributed by atoms with E-state index in [0.29, 0.717) is 5.02 Å². The molecule has 0 radical (unpaired) electrons. The lowest BCUT2D eigenvalue weighted by Crippen LogP contribution is -2.22. The van der Waals surface area contributed by atoms with Gasteiger partial charge in [0.1, 0.15) is 0 Å². The van der Waals surface area contributed by atoms with Gasteiger partial charge in [0.05, 0.1) is 6.04 Å². The van der Waals surface area contributed by atoms with E-state index in [4.69, 9.17) is 23.2 Å². The van der Waals surface area contributed by atoms with Gasteiger partial charge in [0.25, 0.3) is 0 Å². The van der Waals surface area contributed by atoms with E-state index in [-0.39, 0.29) is 6.04 Å². The van der Waals surface area contributed by atoms with E-state index in [2.05, 4.69) is 29.8 Å². The Labute approximate surface area is 122 Å². The fourth-order valence-electron chi connectivity index (χ4n) is 1.84. The summed E-state index contributed by atoms with van der Waals surface area (Å²) < 4.78 is 0. The third-order valence-corrected chi connectivity index (χ3v) is 4.21. The monoisotopic (exact) mass is 299 g/mol. The number of benzene rings is 1. The molecule has 18 heavy (non-hydrogen) atoms. The molecule has 0 aliphatic heterocycles. The Kier molecular flexibility index (Phi) is 5.07. The van der Waals surface area contributed by atoms with Crippen LogP contribution in [0.25, 0.3) is 0 Å². The topological polar surface area (TPSA) is 12.0 Å². The molecule has 2 rings (SSSR count). The van der Waals surface area contributed by atoms with Crippen LogP contribution in [0.1, 0.15) is 29.8 Å². The molecule has 1 unspecified atom stereocenters. The molecule has 96 valence electrons. The maximum absolute atomic E-state index is 6.29. The van der Waals surface area contributed by atoms with Crippen LogP contribution in [0.4, 0.5) is 0 Å². The van der Waals surface area contributed by atoms with Crippen molar-refractivity contribution in [1.29, 1.82) is 0 Å². The third kappa shape index (κ3) is 3.27. The van der Waals surface area contributed by atoms with E-state index in [1.165, 1.54) is 4.88 Å². The second-order valence-electron chi connectivity index (χ2n) is 4.07. The molecule has 1 atom stereocenters. The molecular formula is C14H15Cl2NS. The van der Waals surface area contributed by atoms with Crippen LogP contribution >= 0.6 is 34.5 Å². The van der Waals surface area contributed by atoms with Gasteiger partial charge in [0.2, 0.25) is 0 Å². The van der Waals surface area contributed by atoms with Crippen molar-refractivity contribution in [2.24, 2.45) is 0 Å². The minimum Gasteiger partial charge on any atom is -0.306 e. The van der Waals surface area contributed by atoms with Gasteiger partial charge in [0, 0.05) is 14.9 Å². The van der Waals surface area contributed by atoms with E-state index in [0.717, 1.165) is 23.6 Å². The second kappa shape index (κ2) is 6.58. The molecule has 0 fully saturated rings. The van der Waals surface area contributed by atoms with Gasteiger partial charge in [-0.15, -0.1) is 11.3 Å². The van der Waals surface area contributed by atoms with Crippen molar-refractivity contribution < 1.29 is 0 Å². The van der Waals surface area contributed by atoms with Gasteiger partial charge < -0.3 is 5.32 Å². The minimum atomic E-state index is 0.121. The number of rotatable bonds is 5. The fourth-order valence-corrected chi connectivity index (χ4v) is 3.07. The minimum absolute atomic E-state index is 0.121. The molecule has 1 aromatic carbocycles. The summed E-state index contributed by atoms with van der Waals surface area (Å²) >= 11 is 14.1. The Morgan fingerprint density at radius 3 is 2.78 bits per heavy atom. The Balaban J connectivity index is 2.36. The van der Waals surface area contributed by atoms with Crippen molar-refractivity contribution >= 4 is 34.5 Å². The lowest BCUT2D eigenvalue weighted by molar-refractivity contribution is 0.606.